The Morgan fingerprint density at radius 3 is 2.58 bits per heavy atom. The summed E-state index contributed by atoms with van der Waals surface area (Å²) in [5.41, 5.74) is 7.74. The molecule has 1 atom stereocenters. The molecule has 10 heteroatoms. The molecule has 5 aromatic rings. The van der Waals surface area contributed by atoms with Crippen LogP contribution in [0, 0.1) is 26.6 Å². The van der Waals surface area contributed by atoms with E-state index in [0.29, 0.717) is 52.6 Å². The van der Waals surface area contributed by atoms with E-state index in [0.717, 1.165) is 39.8 Å². The molecule has 0 fully saturated rings. The zero-order valence-corrected chi connectivity index (χ0v) is 28.7. The molecule has 0 saturated heterocycles. The van der Waals surface area contributed by atoms with Gasteiger partial charge in [0, 0.05) is 51.5 Å². The third-order valence-corrected chi connectivity index (χ3v) is 8.60. The van der Waals surface area contributed by atoms with Crippen LogP contribution in [0.4, 0.5) is 4.39 Å². The molecule has 0 unspecified atom stereocenters. The summed E-state index contributed by atoms with van der Waals surface area (Å²) in [6, 6.07) is 11.3. The van der Waals surface area contributed by atoms with Crippen molar-refractivity contribution in [2.24, 2.45) is 0 Å². The van der Waals surface area contributed by atoms with Crippen molar-refractivity contribution >= 4 is 11.6 Å². The maximum atomic E-state index is 15.9. The molecule has 0 bridgehead atoms. The first-order valence-electron chi connectivity index (χ1n) is 16.2. The van der Waals surface area contributed by atoms with E-state index in [9.17, 15) is 4.79 Å². The highest BCUT2D eigenvalue weighted by Crippen LogP contribution is 2.43. The maximum Gasteiger partial charge on any atom is 0.340 e. The molecule has 4 heterocycles. The van der Waals surface area contributed by atoms with Crippen molar-refractivity contribution in [1.82, 2.24) is 19.6 Å². The van der Waals surface area contributed by atoms with E-state index < -0.39 is 23.5 Å². The molecule has 48 heavy (non-hydrogen) atoms. The van der Waals surface area contributed by atoms with E-state index in [1.165, 1.54) is 6.07 Å². The van der Waals surface area contributed by atoms with Crippen molar-refractivity contribution < 1.29 is 28.1 Å². The highest BCUT2D eigenvalue weighted by atomic mass is 19.1. The lowest BCUT2D eigenvalue weighted by Crippen LogP contribution is -2.30. The van der Waals surface area contributed by atoms with Gasteiger partial charge in [-0.25, -0.2) is 18.7 Å². The van der Waals surface area contributed by atoms with Crippen molar-refractivity contribution in [2.75, 3.05) is 20.3 Å². The molecule has 250 valence electrons. The van der Waals surface area contributed by atoms with Gasteiger partial charge in [-0.1, -0.05) is 18.2 Å². The predicted molar refractivity (Wildman–Crippen MR) is 182 cm³/mol. The summed E-state index contributed by atoms with van der Waals surface area (Å²) in [6.07, 6.45) is 3.75. The lowest BCUT2D eigenvalue weighted by atomic mass is 9.90. The van der Waals surface area contributed by atoms with Crippen molar-refractivity contribution in [3.05, 3.63) is 82.6 Å². The van der Waals surface area contributed by atoms with Crippen LogP contribution in [0.3, 0.4) is 0 Å². The first kappa shape index (κ1) is 33.1. The number of nitrogens with zero attached hydrogens (tertiary/aromatic N) is 4. The normalized spacial score (nSPS) is 13.6. The molecule has 0 saturated carbocycles. The molecule has 1 aliphatic heterocycles. The Labute approximate surface area is 280 Å². The minimum Gasteiger partial charge on any atom is -0.496 e. The first-order chi connectivity index (χ1) is 22.9. The summed E-state index contributed by atoms with van der Waals surface area (Å²) in [6.45, 7) is 13.8. The van der Waals surface area contributed by atoms with Crippen molar-refractivity contribution in [3.8, 4) is 45.1 Å². The third-order valence-electron chi connectivity index (χ3n) is 8.60. The Morgan fingerprint density at radius 1 is 1.08 bits per heavy atom. The Kier molecular flexibility index (Phi) is 8.96. The Hall–Kier alpha value is -4.83. The molecule has 2 aromatic carbocycles. The van der Waals surface area contributed by atoms with Crippen LogP contribution in [-0.2, 0) is 20.7 Å². The minimum atomic E-state index is -1.15. The number of benzene rings is 2. The molecule has 0 spiro atoms. The van der Waals surface area contributed by atoms with Gasteiger partial charge in [0.05, 0.1) is 37.3 Å². The average Bonchev–Trinajstić information content (AvgIpc) is 3.40. The second-order valence-electron chi connectivity index (χ2n) is 13.0. The average molecular weight is 653 g/mol. The monoisotopic (exact) mass is 652 g/mol. The number of carbonyl (C=O) groups excluding carboxylic acids is 1. The molecule has 6 rings (SSSR count). The summed E-state index contributed by atoms with van der Waals surface area (Å²) in [5, 5.41) is 5.15. The fraction of sp³-hybridized carbons (Fsp3) is 0.368. The molecule has 0 aliphatic carbocycles. The lowest BCUT2D eigenvalue weighted by molar-refractivity contribution is -0.166. The van der Waals surface area contributed by atoms with Crippen molar-refractivity contribution in [1.29, 1.82) is 0 Å². The van der Waals surface area contributed by atoms with Crippen LogP contribution in [0.5, 0.6) is 11.5 Å². The van der Waals surface area contributed by atoms with E-state index in [1.54, 1.807) is 30.9 Å². The quantitative estimate of drug-likeness (QED) is 0.156. The summed E-state index contributed by atoms with van der Waals surface area (Å²) < 4.78 is 41.0. The SMILES string of the molecule is CCOC(=O)[C@@H](OC(C)(C)C)c1c(C)nc2c(C)c(-c3cccc(-c4cnccc4OC)c3)nn2c1-c1cc(F)c2c(c1C)CCCO2. The van der Waals surface area contributed by atoms with Gasteiger partial charge in [-0.3, -0.25) is 4.98 Å². The zero-order valence-electron chi connectivity index (χ0n) is 28.7. The molecule has 1 aliphatic rings. The summed E-state index contributed by atoms with van der Waals surface area (Å²) >= 11 is 0. The van der Waals surface area contributed by atoms with Crippen LogP contribution in [0.2, 0.25) is 0 Å². The third kappa shape index (κ3) is 6.01. The van der Waals surface area contributed by atoms with Gasteiger partial charge in [0.15, 0.2) is 23.3 Å². The fourth-order valence-corrected chi connectivity index (χ4v) is 6.44. The summed E-state index contributed by atoms with van der Waals surface area (Å²) in [7, 11) is 1.63. The number of carbonyl (C=O) groups is 1. The van der Waals surface area contributed by atoms with Crippen molar-refractivity contribution in [2.45, 2.75) is 73.0 Å². The van der Waals surface area contributed by atoms with Gasteiger partial charge in [0.25, 0.3) is 0 Å². The van der Waals surface area contributed by atoms with Gasteiger partial charge in [0.1, 0.15) is 5.75 Å². The number of methoxy groups -OCH3 is 1. The van der Waals surface area contributed by atoms with E-state index in [4.69, 9.17) is 29.0 Å². The second kappa shape index (κ2) is 13.0. The van der Waals surface area contributed by atoms with E-state index in [-0.39, 0.29) is 12.4 Å². The van der Waals surface area contributed by atoms with Gasteiger partial charge < -0.3 is 18.9 Å². The molecule has 0 N–H and O–H groups in total. The lowest BCUT2D eigenvalue weighted by Gasteiger charge is -2.29. The smallest absolute Gasteiger partial charge is 0.340 e. The van der Waals surface area contributed by atoms with Crippen LogP contribution < -0.4 is 9.47 Å². The largest absolute Gasteiger partial charge is 0.496 e. The Balaban J connectivity index is 1.66. The first-order valence-corrected chi connectivity index (χ1v) is 16.2. The molecule has 3 aromatic heterocycles. The number of aromatic nitrogens is 4. The van der Waals surface area contributed by atoms with Crippen LogP contribution >= 0.6 is 0 Å². The number of fused-ring (bicyclic) bond motifs is 2. The van der Waals surface area contributed by atoms with Crippen LogP contribution in [0.15, 0.2) is 48.8 Å². The van der Waals surface area contributed by atoms with Crippen LogP contribution in [0.1, 0.15) is 68.2 Å². The maximum absolute atomic E-state index is 15.9. The second-order valence-corrected chi connectivity index (χ2v) is 13.0. The highest BCUT2D eigenvalue weighted by molar-refractivity contribution is 5.85. The molecule has 9 nitrogen and oxygen atoms in total. The van der Waals surface area contributed by atoms with Gasteiger partial charge in [-0.2, -0.15) is 5.10 Å². The van der Waals surface area contributed by atoms with Crippen LogP contribution in [-0.4, -0.2) is 51.5 Å². The molecule has 0 radical (unpaired) electrons. The van der Waals surface area contributed by atoms with Gasteiger partial charge >= 0.3 is 5.97 Å². The van der Waals surface area contributed by atoms with E-state index in [2.05, 4.69) is 4.98 Å². The fourth-order valence-electron chi connectivity index (χ4n) is 6.44. The number of ether oxygens (including phenoxy) is 4. The number of rotatable bonds is 8. The minimum absolute atomic E-state index is 0.166. The summed E-state index contributed by atoms with van der Waals surface area (Å²) in [4.78, 5) is 23.0. The van der Waals surface area contributed by atoms with Gasteiger partial charge in [-0.15, -0.1) is 0 Å². The van der Waals surface area contributed by atoms with E-state index >= 15 is 4.39 Å². The number of halogens is 1. The standard InChI is InChI=1S/C38H41FN4O5/c1-9-46-37(44)35(48-38(5,6)7)31-23(4)41-36-22(3)32(25-13-10-12-24(18-25)28-20-40-16-15-30(28)45-8)42-43(36)33(31)27-19-29(39)34-26(21(27)2)14-11-17-47-34/h10,12-13,15-16,18-20,35H,9,11,14,17H2,1-8H3/t35-/m0/s1. The van der Waals surface area contributed by atoms with Crippen molar-refractivity contribution in [3.63, 3.8) is 0 Å². The molecular formula is C38H41FN4O5. The Morgan fingerprint density at radius 2 is 1.85 bits per heavy atom. The number of pyridine rings is 1. The van der Waals surface area contributed by atoms with Gasteiger partial charge in [-0.05, 0) is 90.6 Å². The van der Waals surface area contributed by atoms with Crippen LogP contribution in [0.25, 0.3) is 39.3 Å². The van der Waals surface area contributed by atoms with E-state index in [1.807, 2.05) is 71.9 Å². The number of hydrogen-bond donors (Lipinski definition) is 0. The van der Waals surface area contributed by atoms with Gasteiger partial charge in [0.2, 0.25) is 0 Å². The predicted octanol–water partition coefficient (Wildman–Crippen LogP) is 7.94. The number of aryl methyl sites for hydroxylation is 2. The number of hydrogen-bond acceptors (Lipinski definition) is 8. The summed E-state index contributed by atoms with van der Waals surface area (Å²) in [5.74, 6) is -0.0418. The Bertz CT molecular complexity index is 2030. The zero-order chi connectivity index (χ0) is 34.3. The number of esters is 1. The topological polar surface area (TPSA) is 97.1 Å². The molecule has 0 amide bonds. The molecular weight excluding hydrogens is 611 g/mol. The highest BCUT2D eigenvalue weighted by Gasteiger charge is 2.36.